The molecule has 8 heteroatoms. The molecule has 1 fully saturated rings. The Hall–Kier alpha value is -1.44. The first-order valence-electron chi connectivity index (χ1n) is 7.99. The SMILES string of the molecule is Cc1nc(C)c(C(=O)N2CCC(c3ccccc3Cl)S(=O)(=O)CC2)s1. The van der Waals surface area contributed by atoms with Gasteiger partial charge in [-0.2, -0.15) is 0 Å². The van der Waals surface area contributed by atoms with Crippen LogP contribution in [-0.4, -0.2) is 43.1 Å². The van der Waals surface area contributed by atoms with Gasteiger partial charge in [-0.1, -0.05) is 29.8 Å². The monoisotopic (exact) mass is 398 g/mol. The summed E-state index contributed by atoms with van der Waals surface area (Å²) in [7, 11) is -3.38. The van der Waals surface area contributed by atoms with Crippen LogP contribution in [-0.2, 0) is 9.84 Å². The molecule has 0 saturated carbocycles. The molecule has 1 aliphatic heterocycles. The predicted molar refractivity (Wildman–Crippen MR) is 100 cm³/mol. The topological polar surface area (TPSA) is 67.3 Å². The lowest BCUT2D eigenvalue weighted by Gasteiger charge is -2.19. The molecule has 1 aromatic heterocycles. The van der Waals surface area contributed by atoms with Gasteiger partial charge < -0.3 is 4.90 Å². The van der Waals surface area contributed by atoms with Crippen LogP contribution in [0.1, 0.15) is 37.6 Å². The Balaban J connectivity index is 1.87. The first-order chi connectivity index (χ1) is 11.8. The summed E-state index contributed by atoms with van der Waals surface area (Å²) in [5.41, 5.74) is 1.31. The molecule has 0 bridgehead atoms. The van der Waals surface area contributed by atoms with Crippen LogP contribution in [0.5, 0.6) is 0 Å². The van der Waals surface area contributed by atoms with Gasteiger partial charge in [0.1, 0.15) is 4.88 Å². The number of carbonyl (C=O) groups excluding carboxylic acids is 1. The van der Waals surface area contributed by atoms with Crippen molar-refractivity contribution >= 4 is 38.7 Å². The third-order valence-electron chi connectivity index (χ3n) is 4.38. The molecule has 0 N–H and O–H groups in total. The van der Waals surface area contributed by atoms with E-state index in [1.807, 2.05) is 6.92 Å². The third kappa shape index (κ3) is 3.73. The fraction of sp³-hybridized carbons (Fsp3) is 0.412. The van der Waals surface area contributed by atoms with Gasteiger partial charge in [-0.15, -0.1) is 11.3 Å². The number of benzene rings is 1. The average molecular weight is 399 g/mol. The Kier molecular flexibility index (Phi) is 5.18. The summed E-state index contributed by atoms with van der Waals surface area (Å²) in [6, 6.07) is 7.01. The maximum Gasteiger partial charge on any atom is 0.265 e. The molecule has 1 amide bonds. The van der Waals surface area contributed by atoms with E-state index in [-0.39, 0.29) is 18.2 Å². The van der Waals surface area contributed by atoms with Gasteiger partial charge in [-0.25, -0.2) is 13.4 Å². The smallest absolute Gasteiger partial charge is 0.265 e. The van der Waals surface area contributed by atoms with E-state index in [1.54, 1.807) is 36.1 Å². The molecule has 3 rings (SSSR count). The zero-order valence-electron chi connectivity index (χ0n) is 14.0. The van der Waals surface area contributed by atoms with Crippen LogP contribution in [0, 0.1) is 13.8 Å². The van der Waals surface area contributed by atoms with Gasteiger partial charge in [0.2, 0.25) is 0 Å². The first kappa shape index (κ1) is 18.4. The minimum atomic E-state index is -3.38. The van der Waals surface area contributed by atoms with E-state index in [2.05, 4.69) is 4.98 Å². The van der Waals surface area contributed by atoms with Gasteiger partial charge in [0.15, 0.2) is 9.84 Å². The van der Waals surface area contributed by atoms with Crippen molar-refractivity contribution in [2.75, 3.05) is 18.8 Å². The number of amides is 1. The molecular weight excluding hydrogens is 380 g/mol. The summed E-state index contributed by atoms with van der Waals surface area (Å²) in [5, 5.41) is 0.602. The number of halogens is 1. The predicted octanol–water partition coefficient (Wildman–Crippen LogP) is 3.42. The minimum Gasteiger partial charge on any atom is -0.337 e. The Bertz CT molecular complexity index is 908. The van der Waals surface area contributed by atoms with Crippen molar-refractivity contribution in [2.45, 2.75) is 25.5 Å². The summed E-state index contributed by atoms with van der Waals surface area (Å²) >= 11 is 7.55. The zero-order valence-corrected chi connectivity index (χ0v) is 16.4. The number of sulfone groups is 1. The lowest BCUT2D eigenvalue weighted by atomic mass is 10.1. The van der Waals surface area contributed by atoms with E-state index in [0.717, 1.165) is 5.01 Å². The maximum absolute atomic E-state index is 12.8. The molecule has 0 aliphatic carbocycles. The highest BCUT2D eigenvalue weighted by molar-refractivity contribution is 7.91. The molecule has 2 heterocycles. The number of nitrogens with zero attached hydrogens (tertiary/aromatic N) is 2. The molecule has 0 radical (unpaired) electrons. The standard InChI is InChI=1S/C17H19ClN2O3S2/c1-11-16(24-12(2)19-11)17(21)20-8-7-15(25(22,23)10-9-20)13-5-3-4-6-14(13)18/h3-6,15H,7-10H2,1-2H3. The molecule has 5 nitrogen and oxygen atoms in total. The van der Waals surface area contributed by atoms with E-state index in [0.29, 0.717) is 34.1 Å². The molecule has 1 aromatic carbocycles. The number of thiazole rings is 1. The van der Waals surface area contributed by atoms with Gasteiger partial charge in [-0.05, 0) is 31.9 Å². The highest BCUT2D eigenvalue weighted by Crippen LogP contribution is 2.34. The van der Waals surface area contributed by atoms with Crippen molar-refractivity contribution in [3.63, 3.8) is 0 Å². The summed E-state index contributed by atoms with van der Waals surface area (Å²) in [5.74, 6) is -0.205. The number of aromatic nitrogens is 1. The van der Waals surface area contributed by atoms with Crippen LogP contribution >= 0.6 is 22.9 Å². The normalized spacial score (nSPS) is 20.3. The number of hydrogen-bond acceptors (Lipinski definition) is 5. The van der Waals surface area contributed by atoms with Crippen LogP contribution in [0.4, 0.5) is 0 Å². The lowest BCUT2D eigenvalue weighted by Crippen LogP contribution is -2.33. The Labute approximate surface area is 156 Å². The van der Waals surface area contributed by atoms with Crippen LogP contribution in [0.15, 0.2) is 24.3 Å². The summed E-state index contributed by atoms with van der Waals surface area (Å²) < 4.78 is 25.4. The van der Waals surface area contributed by atoms with E-state index in [9.17, 15) is 13.2 Å². The minimum absolute atomic E-state index is 0.0640. The molecule has 2 aromatic rings. The highest BCUT2D eigenvalue weighted by atomic mass is 35.5. The van der Waals surface area contributed by atoms with Crippen LogP contribution < -0.4 is 0 Å². The Morgan fingerprint density at radius 1 is 1.28 bits per heavy atom. The Morgan fingerprint density at radius 3 is 2.64 bits per heavy atom. The fourth-order valence-electron chi connectivity index (χ4n) is 3.11. The fourth-order valence-corrected chi connectivity index (χ4v) is 6.14. The largest absolute Gasteiger partial charge is 0.337 e. The van der Waals surface area contributed by atoms with Crippen molar-refractivity contribution in [1.29, 1.82) is 0 Å². The molecule has 1 aliphatic rings. The van der Waals surface area contributed by atoms with Gasteiger partial charge in [-0.3, -0.25) is 4.79 Å². The van der Waals surface area contributed by atoms with Crippen LogP contribution in [0.2, 0.25) is 5.02 Å². The molecule has 134 valence electrons. The number of hydrogen-bond donors (Lipinski definition) is 0. The average Bonchev–Trinajstić information content (AvgIpc) is 2.80. The van der Waals surface area contributed by atoms with Crippen molar-refractivity contribution in [3.05, 3.63) is 50.4 Å². The van der Waals surface area contributed by atoms with Crippen molar-refractivity contribution in [3.8, 4) is 0 Å². The molecule has 0 spiro atoms. The van der Waals surface area contributed by atoms with E-state index < -0.39 is 15.1 Å². The van der Waals surface area contributed by atoms with Crippen LogP contribution in [0.3, 0.4) is 0 Å². The molecule has 1 saturated heterocycles. The summed E-state index contributed by atoms with van der Waals surface area (Å²) in [4.78, 5) is 19.3. The highest BCUT2D eigenvalue weighted by Gasteiger charge is 2.34. The van der Waals surface area contributed by atoms with E-state index in [4.69, 9.17) is 11.6 Å². The van der Waals surface area contributed by atoms with E-state index in [1.165, 1.54) is 11.3 Å². The quantitative estimate of drug-likeness (QED) is 0.777. The summed E-state index contributed by atoms with van der Waals surface area (Å²) in [6.07, 6.45) is 0.342. The number of carbonyl (C=O) groups is 1. The van der Waals surface area contributed by atoms with E-state index >= 15 is 0 Å². The zero-order chi connectivity index (χ0) is 18.2. The third-order valence-corrected chi connectivity index (χ3v) is 7.89. The van der Waals surface area contributed by atoms with Gasteiger partial charge in [0.25, 0.3) is 5.91 Å². The molecule has 1 unspecified atom stereocenters. The van der Waals surface area contributed by atoms with Gasteiger partial charge >= 0.3 is 0 Å². The lowest BCUT2D eigenvalue weighted by molar-refractivity contribution is 0.0770. The second-order valence-corrected chi connectivity index (χ2v) is 10.0. The van der Waals surface area contributed by atoms with Gasteiger partial charge in [0.05, 0.1) is 21.7 Å². The van der Waals surface area contributed by atoms with Crippen molar-refractivity contribution in [1.82, 2.24) is 9.88 Å². The molecule has 1 atom stereocenters. The number of aryl methyl sites for hydroxylation is 2. The Morgan fingerprint density at radius 2 is 2.00 bits per heavy atom. The first-order valence-corrected chi connectivity index (χ1v) is 10.9. The molecular formula is C17H19ClN2O3S2. The second kappa shape index (κ2) is 7.05. The van der Waals surface area contributed by atoms with Gasteiger partial charge in [0, 0.05) is 18.1 Å². The number of rotatable bonds is 2. The van der Waals surface area contributed by atoms with Crippen molar-refractivity contribution < 1.29 is 13.2 Å². The molecule has 25 heavy (non-hydrogen) atoms. The summed E-state index contributed by atoms with van der Waals surface area (Å²) in [6.45, 7) is 4.23. The van der Waals surface area contributed by atoms with Crippen LogP contribution in [0.25, 0.3) is 0 Å². The maximum atomic E-state index is 12.8. The van der Waals surface area contributed by atoms with Crippen molar-refractivity contribution in [2.24, 2.45) is 0 Å². The second-order valence-electron chi connectivity index (χ2n) is 6.11.